The first kappa shape index (κ1) is 20.7. The van der Waals surface area contributed by atoms with Crippen LogP contribution in [0.5, 0.6) is 0 Å². The fourth-order valence-electron chi connectivity index (χ4n) is 3.54. The van der Waals surface area contributed by atoms with Gasteiger partial charge in [0.15, 0.2) is 11.8 Å². The van der Waals surface area contributed by atoms with Crippen molar-refractivity contribution in [2.75, 3.05) is 6.54 Å². The summed E-state index contributed by atoms with van der Waals surface area (Å²) in [5, 5.41) is 15.4. The highest BCUT2D eigenvalue weighted by molar-refractivity contribution is 5.80. The van der Waals surface area contributed by atoms with Crippen molar-refractivity contribution in [2.24, 2.45) is 18.0 Å². The molecule has 1 aliphatic carbocycles. The van der Waals surface area contributed by atoms with Gasteiger partial charge in [0.1, 0.15) is 12.4 Å². The maximum absolute atomic E-state index is 4.75. The predicted molar refractivity (Wildman–Crippen MR) is 108 cm³/mol. The van der Waals surface area contributed by atoms with Gasteiger partial charge in [-0.05, 0) is 39.0 Å². The lowest BCUT2D eigenvalue weighted by Crippen LogP contribution is -2.42. The minimum atomic E-state index is 0.436. The number of unbranched alkanes of at least 4 members (excludes halogenated alkanes) is 1. The monoisotopic (exact) mass is 362 g/mol. The van der Waals surface area contributed by atoms with Crippen molar-refractivity contribution in [1.29, 1.82) is 0 Å². The van der Waals surface area contributed by atoms with E-state index in [9.17, 15) is 0 Å². The van der Waals surface area contributed by atoms with Crippen LogP contribution in [0.15, 0.2) is 4.99 Å². The van der Waals surface area contributed by atoms with E-state index >= 15 is 0 Å². The Morgan fingerprint density at radius 1 is 1.27 bits per heavy atom. The van der Waals surface area contributed by atoms with Gasteiger partial charge in [0.05, 0.1) is 0 Å². The molecule has 2 N–H and O–H groups in total. The molecule has 0 radical (unpaired) electrons. The van der Waals surface area contributed by atoms with E-state index in [1.54, 1.807) is 0 Å². The summed E-state index contributed by atoms with van der Waals surface area (Å²) in [6.45, 7) is 7.95. The Morgan fingerprint density at radius 3 is 2.69 bits per heavy atom. The minimum Gasteiger partial charge on any atom is -0.356 e. The van der Waals surface area contributed by atoms with Crippen LogP contribution in [-0.4, -0.2) is 33.3 Å². The maximum atomic E-state index is 4.75. The smallest absolute Gasteiger partial charge is 0.191 e. The molecule has 148 valence electrons. The number of aliphatic imine (C=N–C) groups is 1. The van der Waals surface area contributed by atoms with Crippen molar-refractivity contribution in [3.05, 3.63) is 11.6 Å². The van der Waals surface area contributed by atoms with E-state index in [-0.39, 0.29) is 0 Å². The second-order valence-corrected chi connectivity index (χ2v) is 7.79. The van der Waals surface area contributed by atoms with Crippen molar-refractivity contribution >= 4 is 5.96 Å². The third kappa shape index (κ3) is 6.96. The lowest BCUT2D eigenvalue weighted by molar-refractivity contribution is 0.322. The van der Waals surface area contributed by atoms with E-state index in [2.05, 4.69) is 34.7 Å². The van der Waals surface area contributed by atoms with Gasteiger partial charge in [0.2, 0.25) is 0 Å². The molecular weight excluding hydrogens is 324 g/mol. The van der Waals surface area contributed by atoms with Gasteiger partial charge in [-0.1, -0.05) is 45.4 Å². The molecule has 1 aromatic heterocycles. The van der Waals surface area contributed by atoms with Gasteiger partial charge in [0.25, 0.3) is 0 Å². The van der Waals surface area contributed by atoms with Gasteiger partial charge in [-0.3, -0.25) is 0 Å². The quantitative estimate of drug-likeness (QED) is 0.399. The summed E-state index contributed by atoms with van der Waals surface area (Å²) in [6.07, 6.45) is 12.0. The van der Waals surface area contributed by atoms with E-state index < -0.39 is 0 Å². The van der Waals surface area contributed by atoms with Crippen LogP contribution in [0.2, 0.25) is 0 Å². The average molecular weight is 363 g/mol. The van der Waals surface area contributed by atoms with Gasteiger partial charge in [-0.25, -0.2) is 4.99 Å². The van der Waals surface area contributed by atoms with E-state index in [1.807, 2.05) is 18.5 Å². The summed E-state index contributed by atoms with van der Waals surface area (Å²) < 4.78 is 2.00. The number of aromatic nitrogens is 3. The molecule has 26 heavy (non-hydrogen) atoms. The first-order valence-corrected chi connectivity index (χ1v) is 10.5. The minimum absolute atomic E-state index is 0.436. The predicted octanol–water partition coefficient (Wildman–Crippen LogP) is 3.71. The van der Waals surface area contributed by atoms with Crippen LogP contribution >= 0.6 is 0 Å². The standard InChI is InChI=1S/C20H38N6/c1-5-6-14-21-20(22-15-19-25-24-17(3)26(19)4)23-16(2)12-13-18-10-8-7-9-11-18/h16,18H,5-15H2,1-4H3,(H2,21,22,23). The Kier molecular flexibility index (Phi) is 8.92. The summed E-state index contributed by atoms with van der Waals surface area (Å²) in [7, 11) is 1.99. The summed E-state index contributed by atoms with van der Waals surface area (Å²) in [4.78, 5) is 4.75. The summed E-state index contributed by atoms with van der Waals surface area (Å²) >= 11 is 0. The van der Waals surface area contributed by atoms with Gasteiger partial charge < -0.3 is 15.2 Å². The molecular formula is C20H38N6. The normalized spacial score (nSPS) is 17.3. The zero-order chi connectivity index (χ0) is 18.8. The third-order valence-corrected chi connectivity index (χ3v) is 5.50. The molecule has 0 amide bonds. The van der Waals surface area contributed by atoms with E-state index in [0.29, 0.717) is 12.6 Å². The number of hydrogen-bond donors (Lipinski definition) is 2. The van der Waals surface area contributed by atoms with Gasteiger partial charge in [-0.15, -0.1) is 10.2 Å². The first-order chi connectivity index (χ1) is 12.6. The number of hydrogen-bond acceptors (Lipinski definition) is 3. The number of nitrogens with one attached hydrogen (secondary N) is 2. The average Bonchev–Trinajstić information content (AvgIpc) is 2.97. The molecule has 6 heteroatoms. The maximum Gasteiger partial charge on any atom is 0.191 e. The number of guanidine groups is 1. The van der Waals surface area contributed by atoms with Crippen LogP contribution in [0.3, 0.4) is 0 Å². The van der Waals surface area contributed by atoms with Crippen molar-refractivity contribution < 1.29 is 0 Å². The zero-order valence-electron chi connectivity index (χ0n) is 17.2. The van der Waals surface area contributed by atoms with Crippen LogP contribution in [0.25, 0.3) is 0 Å². The van der Waals surface area contributed by atoms with Crippen LogP contribution in [0, 0.1) is 12.8 Å². The molecule has 0 bridgehead atoms. The highest BCUT2D eigenvalue weighted by Gasteiger charge is 2.15. The Hall–Kier alpha value is -1.59. The highest BCUT2D eigenvalue weighted by atomic mass is 15.3. The highest BCUT2D eigenvalue weighted by Crippen LogP contribution is 2.27. The topological polar surface area (TPSA) is 67.1 Å². The van der Waals surface area contributed by atoms with Crippen LogP contribution < -0.4 is 10.6 Å². The molecule has 0 spiro atoms. The SMILES string of the molecule is CCCCNC(=NCc1nnc(C)n1C)NC(C)CCC1CCCCC1. The van der Waals surface area contributed by atoms with Crippen LogP contribution in [-0.2, 0) is 13.6 Å². The van der Waals surface area contributed by atoms with Gasteiger partial charge >= 0.3 is 0 Å². The molecule has 1 aliphatic rings. The summed E-state index contributed by atoms with van der Waals surface area (Å²) in [6, 6.07) is 0.436. The fraction of sp³-hybridized carbons (Fsp3) is 0.850. The molecule has 1 saturated carbocycles. The first-order valence-electron chi connectivity index (χ1n) is 10.5. The fourth-order valence-corrected chi connectivity index (χ4v) is 3.54. The Morgan fingerprint density at radius 2 is 2.04 bits per heavy atom. The lowest BCUT2D eigenvalue weighted by atomic mass is 9.85. The zero-order valence-corrected chi connectivity index (χ0v) is 17.2. The summed E-state index contributed by atoms with van der Waals surface area (Å²) in [5.41, 5.74) is 0. The molecule has 2 rings (SSSR count). The molecule has 0 saturated heterocycles. The molecule has 1 unspecified atom stereocenters. The molecule has 1 aromatic rings. The van der Waals surface area contributed by atoms with Crippen molar-refractivity contribution in [3.63, 3.8) is 0 Å². The molecule has 0 aromatic carbocycles. The van der Waals surface area contributed by atoms with Gasteiger partial charge in [-0.2, -0.15) is 0 Å². The number of rotatable bonds is 9. The Labute approximate surface area is 159 Å². The van der Waals surface area contributed by atoms with Crippen LogP contribution in [0.4, 0.5) is 0 Å². The largest absolute Gasteiger partial charge is 0.356 e. The Balaban J connectivity index is 1.85. The number of aryl methyl sites for hydroxylation is 1. The molecule has 0 aliphatic heterocycles. The molecule has 6 nitrogen and oxygen atoms in total. The lowest BCUT2D eigenvalue weighted by Gasteiger charge is -2.24. The van der Waals surface area contributed by atoms with Crippen molar-refractivity contribution in [2.45, 2.75) is 91.1 Å². The Bertz CT molecular complexity index is 544. The van der Waals surface area contributed by atoms with E-state index in [0.717, 1.165) is 36.5 Å². The second kappa shape index (κ2) is 11.2. The third-order valence-electron chi connectivity index (χ3n) is 5.50. The second-order valence-electron chi connectivity index (χ2n) is 7.79. The van der Waals surface area contributed by atoms with E-state index in [4.69, 9.17) is 4.99 Å². The number of nitrogens with zero attached hydrogens (tertiary/aromatic N) is 4. The molecule has 1 heterocycles. The van der Waals surface area contributed by atoms with Crippen molar-refractivity contribution in [3.8, 4) is 0 Å². The molecule has 1 atom stereocenters. The summed E-state index contributed by atoms with van der Waals surface area (Å²) in [5.74, 6) is 3.65. The molecule has 1 fully saturated rings. The van der Waals surface area contributed by atoms with Crippen LogP contribution in [0.1, 0.15) is 83.3 Å². The van der Waals surface area contributed by atoms with E-state index in [1.165, 1.54) is 51.4 Å². The van der Waals surface area contributed by atoms with Crippen molar-refractivity contribution in [1.82, 2.24) is 25.4 Å². The van der Waals surface area contributed by atoms with Gasteiger partial charge in [0, 0.05) is 19.6 Å².